The third-order valence-corrected chi connectivity index (χ3v) is 4.94. The van der Waals surface area contributed by atoms with Gasteiger partial charge >= 0.3 is 0 Å². The predicted molar refractivity (Wildman–Crippen MR) is 94.8 cm³/mol. The molecule has 1 aromatic rings. The second-order valence-electron chi connectivity index (χ2n) is 7.52. The Hall–Kier alpha value is -0.650. The van der Waals surface area contributed by atoms with E-state index in [1.807, 2.05) is 24.3 Å². The maximum atomic E-state index is 10.4. The second kappa shape index (κ2) is 7.95. The molecule has 0 unspecified atom stereocenters. The lowest BCUT2D eigenvalue weighted by atomic mass is 9.89. The molecule has 0 spiro atoms. The first kappa shape index (κ1) is 18.7. The minimum absolute atomic E-state index is 0.0859. The average molecular weight is 341 g/mol. The summed E-state index contributed by atoms with van der Waals surface area (Å²) in [7, 11) is 0. The molecule has 1 aliphatic rings. The van der Waals surface area contributed by atoms with Crippen LogP contribution in [0.25, 0.3) is 0 Å². The Bertz CT molecular complexity index is 496. The van der Waals surface area contributed by atoms with Crippen molar-refractivity contribution < 1.29 is 10.2 Å². The molecule has 5 heteroatoms. The van der Waals surface area contributed by atoms with Gasteiger partial charge in [0, 0.05) is 49.9 Å². The molecule has 1 aromatic carbocycles. The second-order valence-corrected chi connectivity index (χ2v) is 7.93. The van der Waals surface area contributed by atoms with E-state index in [1.165, 1.54) is 0 Å². The Morgan fingerprint density at radius 3 is 2.04 bits per heavy atom. The third kappa shape index (κ3) is 5.44. The van der Waals surface area contributed by atoms with Crippen molar-refractivity contribution in [2.45, 2.75) is 33.0 Å². The van der Waals surface area contributed by atoms with Crippen LogP contribution in [0.2, 0.25) is 5.02 Å². The molecule has 23 heavy (non-hydrogen) atoms. The molecule has 1 fully saturated rings. The lowest BCUT2D eigenvalue weighted by molar-refractivity contribution is 0.00719. The fourth-order valence-corrected chi connectivity index (χ4v) is 3.02. The highest BCUT2D eigenvalue weighted by molar-refractivity contribution is 6.31. The first-order valence-corrected chi connectivity index (χ1v) is 8.70. The highest BCUT2D eigenvalue weighted by Crippen LogP contribution is 2.24. The summed E-state index contributed by atoms with van der Waals surface area (Å²) in [6, 6.07) is 7.46. The van der Waals surface area contributed by atoms with Crippen LogP contribution in [0.3, 0.4) is 0 Å². The Morgan fingerprint density at radius 1 is 1.00 bits per heavy atom. The van der Waals surface area contributed by atoms with E-state index in [0.29, 0.717) is 18.1 Å². The number of aliphatic hydroxyl groups is 2. The van der Waals surface area contributed by atoms with E-state index in [-0.39, 0.29) is 11.5 Å². The molecule has 0 bridgehead atoms. The number of halogens is 1. The molecule has 0 saturated carbocycles. The third-order valence-electron chi connectivity index (χ3n) is 4.59. The van der Waals surface area contributed by atoms with Gasteiger partial charge in [-0.3, -0.25) is 9.80 Å². The van der Waals surface area contributed by atoms with Crippen LogP contribution in [0.5, 0.6) is 0 Å². The molecule has 1 saturated heterocycles. The summed E-state index contributed by atoms with van der Waals surface area (Å²) in [4.78, 5) is 4.56. The van der Waals surface area contributed by atoms with Crippen molar-refractivity contribution >= 4 is 11.6 Å². The van der Waals surface area contributed by atoms with Crippen LogP contribution < -0.4 is 0 Å². The number of hydrogen-bond acceptors (Lipinski definition) is 4. The van der Waals surface area contributed by atoms with Crippen molar-refractivity contribution in [2.24, 2.45) is 5.41 Å². The Balaban J connectivity index is 1.80. The SMILES string of the molecule is CC(C)(C)[C@@H](O)CN1CCN(C[C@H](O)c2ccccc2Cl)CC1. The molecule has 0 radical (unpaired) electrons. The molecule has 1 aliphatic heterocycles. The van der Waals surface area contributed by atoms with E-state index in [0.717, 1.165) is 31.7 Å². The van der Waals surface area contributed by atoms with Gasteiger partial charge in [-0.05, 0) is 11.5 Å². The quantitative estimate of drug-likeness (QED) is 0.864. The molecule has 0 aromatic heterocycles. The van der Waals surface area contributed by atoms with Crippen LogP contribution in [0.15, 0.2) is 24.3 Å². The number of β-amino-alcohol motifs (C(OH)–C–C–N with tert-alkyl or cyclic N) is 2. The minimum atomic E-state index is -0.560. The fourth-order valence-electron chi connectivity index (χ4n) is 2.76. The first-order chi connectivity index (χ1) is 10.8. The summed E-state index contributed by atoms with van der Waals surface area (Å²) >= 11 is 6.15. The van der Waals surface area contributed by atoms with Gasteiger partial charge in [0.2, 0.25) is 0 Å². The maximum Gasteiger partial charge on any atom is 0.0931 e. The lowest BCUT2D eigenvalue weighted by Crippen LogP contribution is -2.50. The van der Waals surface area contributed by atoms with E-state index < -0.39 is 6.10 Å². The van der Waals surface area contributed by atoms with Crippen LogP contribution in [0, 0.1) is 5.41 Å². The first-order valence-electron chi connectivity index (χ1n) is 8.32. The van der Waals surface area contributed by atoms with Gasteiger partial charge in [-0.25, -0.2) is 0 Å². The molecule has 2 atom stereocenters. The number of benzene rings is 1. The van der Waals surface area contributed by atoms with Gasteiger partial charge in [0.25, 0.3) is 0 Å². The normalized spacial score (nSPS) is 20.4. The molecule has 0 amide bonds. The molecular formula is C18H29ClN2O2. The van der Waals surface area contributed by atoms with Crippen molar-refractivity contribution in [3.8, 4) is 0 Å². The highest BCUT2D eigenvalue weighted by Gasteiger charge is 2.27. The number of piperazine rings is 1. The zero-order chi connectivity index (χ0) is 17.0. The van der Waals surface area contributed by atoms with Crippen LogP contribution in [-0.4, -0.2) is 65.4 Å². The molecular weight excluding hydrogens is 312 g/mol. The maximum absolute atomic E-state index is 10.4. The van der Waals surface area contributed by atoms with E-state index in [4.69, 9.17) is 11.6 Å². The van der Waals surface area contributed by atoms with E-state index in [2.05, 4.69) is 30.6 Å². The average Bonchev–Trinajstić information content (AvgIpc) is 2.48. The van der Waals surface area contributed by atoms with Crippen LogP contribution in [0.1, 0.15) is 32.4 Å². The van der Waals surface area contributed by atoms with Crippen molar-refractivity contribution in [2.75, 3.05) is 39.3 Å². The van der Waals surface area contributed by atoms with Gasteiger partial charge in [0.05, 0.1) is 12.2 Å². The van der Waals surface area contributed by atoms with Crippen LogP contribution >= 0.6 is 11.6 Å². The highest BCUT2D eigenvalue weighted by atomic mass is 35.5. The van der Waals surface area contributed by atoms with Crippen LogP contribution in [0.4, 0.5) is 0 Å². The van der Waals surface area contributed by atoms with Crippen molar-refractivity contribution in [1.29, 1.82) is 0 Å². The van der Waals surface area contributed by atoms with Crippen molar-refractivity contribution in [3.63, 3.8) is 0 Å². The Kier molecular flexibility index (Phi) is 6.46. The molecule has 2 rings (SSSR count). The summed E-state index contributed by atoms with van der Waals surface area (Å²) < 4.78 is 0. The summed E-state index contributed by atoms with van der Waals surface area (Å²) in [5, 5.41) is 21.2. The monoisotopic (exact) mass is 340 g/mol. The number of aliphatic hydroxyl groups excluding tert-OH is 2. The molecule has 1 heterocycles. The van der Waals surface area contributed by atoms with Gasteiger partial charge in [-0.15, -0.1) is 0 Å². The van der Waals surface area contributed by atoms with Crippen LogP contribution in [-0.2, 0) is 0 Å². The Labute approximate surface area is 144 Å². The van der Waals surface area contributed by atoms with E-state index >= 15 is 0 Å². The Morgan fingerprint density at radius 2 is 1.52 bits per heavy atom. The van der Waals surface area contributed by atoms with Crippen molar-refractivity contribution in [3.05, 3.63) is 34.9 Å². The van der Waals surface area contributed by atoms with Gasteiger partial charge in [0.15, 0.2) is 0 Å². The van der Waals surface area contributed by atoms with Gasteiger partial charge in [0.1, 0.15) is 0 Å². The van der Waals surface area contributed by atoms with Gasteiger partial charge < -0.3 is 10.2 Å². The zero-order valence-electron chi connectivity index (χ0n) is 14.4. The summed E-state index contributed by atoms with van der Waals surface area (Å²) in [5.74, 6) is 0. The van der Waals surface area contributed by atoms with Crippen molar-refractivity contribution in [1.82, 2.24) is 9.80 Å². The standard InChI is InChI=1S/C18H29ClN2O2/c1-18(2,3)17(23)13-21-10-8-20(9-11-21)12-16(22)14-6-4-5-7-15(14)19/h4-7,16-17,22-23H,8-13H2,1-3H3/t16-,17-/m0/s1. The van der Waals surface area contributed by atoms with E-state index in [1.54, 1.807) is 0 Å². The summed E-state index contributed by atoms with van der Waals surface area (Å²) in [6.07, 6.45) is -0.877. The predicted octanol–water partition coefficient (Wildman–Crippen LogP) is 2.40. The number of hydrogen-bond donors (Lipinski definition) is 2. The number of rotatable bonds is 5. The molecule has 0 aliphatic carbocycles. The number of nitrogens with zero attached hydrogens (tertiary/aromatic N) is 2. The minimum Gasteiger partial charge on any atom is -0.391 e. The molecule has 4 nitrogen and oxygen atoms in total. The van der Waals surface area contributed by atoms with E-state index in [9.17, 15) is 10.2 Å². The molecule has 2 N–H and O–H groups in total. The molecule has 130 valence electrons. The van der Waals surface area contributed by atoms with Gasteiger partial charge in [-0.1, -0.05) is 50.6 Å². The smallest absolute Gasteiger partial charge is 0.0931 e. The van der Waals surface area contributed by atoms with Gasteiger partial charge in [-0.2, -0.15) is 0 Å². The lowest BCUT2D eigenvalue weighted by Gasteiger charge is -2.38. The zero-order valence-corrected chi connectivity index (χ0v) is 15.1. The largest absolute Gasteiger partial charge is 0.391 e. The topological polar surface area (TPSA) is 46.9 Å². The summed E-state index contributed by atoms with van der Waals surface area (Å²) in [6.45, 7) is 11.1. The fraction of sp³-hybridized carbons (Fsp3) is 0.667. The summed E-state index contributed by atoms with van der Waals surface area (Å²) in [5.41, 5.74) is 0.706.